The fourth-order valence-corrected chi connectivity index (χ4v) is 6.18. The van der Waals surface area contributed by atoms with Crippen LogP contribution in [0.25, 0.3) is 0 Å². The summed E-state index contributed by atoms with van der Waals surface area (Å²) in [4.78, 5) is 23.9. The molecule has 0 aromatic carbocycles. The minimum atomic E-state index is -3.69. The smallest absolute Gasteiger partial charge is 0.253 e. The van der Waals surface area contributed by atoms with Crippen molar-refractivity contribution in [3.8, 4) is 0 Å². The molecule has 3 rings (SSSR count). The van der Waals surface area contributed by atoms with Crippen LogP contribution in [0.3, 0.4) is 0 Å². The van der Waals surface area contributed by atoms with E-state index in [1.807, 2.05) is 0 Å². The molecule has 1 fully saturated rings. The average Bonchev–Trinajstić information content (AvgIpc) is 3.27. The van der Waals surface area contributed by atoms with Gasteiger partial charge in [-0.2, -0.15) is 4.31 Å². The monoisotopic (exact) mass is 385 g/mol. The van der Waals surface area contributed by atoms with Crippen LogP contribution in [0.5, 0.6) is 0 Å². The molecular weight excluding hydrogens is 370 g/mol. The molecule has 1 atom stereocenters. The number of rotatable bonds is 5. The first-order chi connectivity index (χ1) is 11.4. The highest BCUT2D eigenvalue weighted by molar-refractivity contribution is 7.91. The first-order valence-corrected chi connectivity index (χ1v) is 10.3. The third-order valence-corrected chi connectivity index (χ3v) is 7.84. The molecule has 2 amide bonds. The number of carbonyl (C=O) groups excluding carboxylic acids is 2. The van der Waals surface area contributed by atoms with E-state index in [0.29, 0.717) is 24.4 Å². The van der Waals surface area contributed by atoms with Gasteiger partial charge in [-0.1, -0.05) is 6.07 Å². The quantitative estimate of drug-likeness (QED) is 0.816. The molecule has 1 aliphatic rings. The van der Waals surface area contributed by atoms with E-state index in [9.17, 15) is 18.0 Å². The zero-order valence-corrected chi connectivity index (χ0v) is 14.9. The summed E-state index contributed by atoms with van der Waals surface area (Å²) < 4.78 is 26.8. The van der Waals surface area contributed by atoms with E-state index in [-0.39, 0.29) is 9.77 Å². The Hall–Kier alpha value is -1.75. The van der Waals surface area contributed by atoms with Crippen molar-refractivity contribution in [2.75, 3.05) is 11.9 Å². The molecule has 2 aromatic heterocycles. The number of nitrogens with zero attached hydrogens (tertiary/aromatic N) is 1. The largest absolute Gasteiger partial charge is 0.366 e. The van der Waals surface area contributed by atoms with Crippen LogP contribution in [0.1, 0.15) is 23.2 Å². The molecule has 24 heavy (non-hydrogen) atoms. The number of sulfonamides is 1. The summed E-state index contributed by atoms with van der Waals surface area (Å²) in [6.45, 7) is 0.297. The number of primary amides is 1. The average molecular weight is 385 g/mol. The molecule has 7 nitrogen and oxygen atoms in total. The molecular formula is C14H15N3O4S3. The highest BCUT2D eigenvalue weighted by Crippen LogP contribution is 2.30. The molecule has 0 radical (unpaired) electrons. The van der Waals surface area contributed by atoms with Gasteiger partial charge >= 0.3 is 0 Å². The summed E-state index contributed by atoms with van der Waals surface area (Å²) in [5.74, 6) is -1.08. The van der Waals surface area contributed by atoms with Crippen LogP contribution in [0.15, 0.2) is 33.2 Å². The Balaban J connectivity index is 1.82. The number of hydrogen-bond donors (Lipinski definition) is 2. The predicted octanol–water partition coefficient (Wildman–Crippen LogP) is 1.70. The van der Waals surface area contributed by atoms with Gasteiger partial charge in [-0.05, 0) is 35.7 Å². The minimum absolute atomic E-state index is 0.219. The topological polar surface area (TPSA) is 110 Å². The van der Waals surface area contributed by atoms with E-state index >= 15 is 0 Å². The number of anilines is 1. The van der Waals surface area contributed by atoms with Crippen LogP contribution in [0.4, 0.5) is 5.00 Å². The molecule has 2 aromatic rings. The van der Waals surface area contributed by atoms with Crippen LogP contribution in [-0.4, -0.2) is 37.1 Å². The van der Waals surface area contributed by atoms with Gasteiger partial charge in [0.25, 0.3) is 15.9 Å². The molecule has 128 valence electrons. The predicted molar refractivity (Wildman–Crippen MR) is 92.7 cm³/mol. The molecule has 0 aliphatic carbocycles. The number of amides is 2. The van der Waals surface area contributed by atoms with E-state index in [4.69, 9.17) is 5.73 Å². The second-order valence-corrected chi connectivity index (χ2v) is 9.20. The van der Waals surface area contributed by atoms with Gasteiger partial charge < -0.3 is 11.1 Å². The second-order valence-electron chi connectivity index (χ2n) is 5.22. The zero-order chi connectivity index (χ0) is 17.3. The van der Waals surface area contributed by atoms with Gasteiger partial charge in [0.15, 0.2) is 0 Å². The molecule has 0 unspecified atom stereocenters. The van der Waals surface area contributed by atoms with Crippen molar-refractivity contribution in [2.45, 2.75) is 23.1 Å². The molecule has 0 bridgehead atoms. The van der Waals surface area contributed by atoms with Crippen molar-refractivity contribution in [1.29, 1.82) is 0 Å². The summed E-state index contributed by atoms with van der Waals surface area (Å²) in [5, 5.41) is 6.30. The first kappa shape index (κ1) is 17.1. The fourth-order valence-electron chi connectivity index (χ4n) is 2.61. The van der Waals surface area contributed by atoms with Gasteiger partial charge in [0.2, 0.25) is 5.91 Å². The Bertz CT molecular complexity index is 858. The summed E-state index contributed by atoms with van der Waals surface area (Å²) in [5.41, 5.74) is 5.48. The SMILES string of the molecule is NC(=O)c1ccsc1NC(=O)[C@@H]1CCCN1S(=O)(=O)c1cccs1. The number of nitrogens with two attached hydrogens (primary N) is 1. The number of nitrogens with one attached hydrogen (secondary N) is 1. The van der Waals surface area contributed by atoms with Crippen molar-refractivity contribution in [2.24, 2.45) is 5.73 Å². The van der Waals surface area contributed by atoms with E-state index in [1.54, 1.807) is 16.8 Å². The fraction of sp³-hybridized carbons (Fsp3) is 0.286. The molecule has 10 heteroatoms. The van der Waals surface area contributed by atoms with Gasteiger partial charge in [-0.25, -0.2) is 8.42 Å². The lowest BCUT2D eigenvalue weighted by atomic mass is 10.2. The third-order valence-electron chi connectivity index (χ3n) is 3.73. The molecule has 0 spiro atoms. The first-order valence-electron chi connectivity index (χ1n) is 7.15. The van der Waals surface area contributed by atoms with Gasteiger partial charge in [0, 0.05) is 6.54 Å². The molecule has 3 heterocycles. The van der Waals surface area contributed by atoms with E-state index in [0.717, 1.165) is 11.3 Å². The second kappa shape index (κ2) is 6.63. The van der Waals surface area contributed by atoms with E-state index in [2.05, 4.69) is 5.32 Å². The summed E-state index contributed by atoms with van der Waals surface area (Å²) >= 11 is 2.29. The standard InChI is InChI=1S/C14H15N3O4S3/c15-12(18)9-5-8-23-14(9)16-13(19)10-3-1-6-17(10)24(20,21)11-4-2-7-22-11/h2,4-5,7-8,10H,1,3,6H2,(H2,15,18)(H,16,19)/t10-/m0/s1. The Morgan fingerprint density at radius 3 is 2.71 bits per heavy atom. The molecule has 1 saturated heterocycles. The number of thiophene rings is 2. The Kier molecular flexibility index (Phi) is 4.72. The maximum Gasteiger partial charge on any atom is 0.253 e. The van der Waals surface area contributed by atoms with Crippen LogP contribution in [0.2, 0.25) is 0 Å². The maximum absolute atomic E-state index is 12.7. The highest BCUT2D eigenvalue weighted by Gasteiger charge is 2.40. The van der Waals surface area contributed by atoms with E-state index in [1.165, 1.54) is 27.8 Å². The Morgan fingerprint density at radius 2 is 2.04 bits per heavy atom. The van der Waals surface area contributed by atoms with Crippen LogP contribution in [0, 0.1) is 0 Å². The van der Waals surface area contributed by atoms with Crippen molar-refractivity contribution in [3.63, 3.8) is 0 Å². The zero-order valence-electron chi connectivity index (χ0n) is 12.5. The van der Waals surface area contributed by atoms with Gasteiger partial charge in [-0.3, -0.25) is 9.59 Å². The maximum atomic E-state index is 12.7. The van der Waals surface area contributed by atoms with Crippen molar-refractivity contribution in [1.82, 2.24) is 4.31 Å². The van der Waals surface area contributed by atoms with Crippen LogP contribution < -0.4 is 11.1 Å². The van der Waals surface area contributed by atoms with E-state index < -0.39 is 27.9 Å². The van der Waals surface area contributed by atoms with Crippen LogP contribution in [-0.2, 0) is 14.8 Å². The molecule has 1 aliphatic heterocycles. The number of carbonyl (C=O) groups is 2. The lowest BCUT2D eigenvalue weighted by Gasteiger charge is -2.22. The normalized spacial score (nSPS) is 18.6. The van der Waals surface area contributed by atoms with Crippen molar-refractivity contribution in [3.05, 3.63) is 34.5 Å². The lowest BCUT2D eigenvalue weighted by Crippen LogP contribution is -2.42. The van der Waals surface area contributed by atoms with Gasteiger partial charge in [0.05, 0.1) is 5.56 Å². The highest BCUT2D eigenvalue weighted by atomic mass is 32.2. The van der Waals surface area contributed by atoms with Crippen molar-refractivity contribution < 1.29 is 18.0 Å². The summed E-state index contributed by atoms with van der Waals surface area (Å²) in [7, 11) is -3.69. The molecule has 3 N–H and O–H groups in total. The molecule has 0 saturated carbocycles. The Morgan fingerprint density at radius 1 is 1.25 bits per heavy atom. The minimum Gasteiger partial charge on any atom is -0.366 e. The van der Waals surface area contributed by atoms with Crippen LogP contribution >= 0.6 is 22.7 Å². The van der Waals surface area contributed by atoms with Crippen molar-refractivity contribution >= 4 is 49.5 Å². The third kappa shape index (κ3) is 3.09. The summed E-state index contributed by atoms with van der Waals surface area (Å²) in [6, 6.07) is 3.92. The Labute approximate surface area is 147 Å². The lowest BCUT2D eigenvalue weighted by molar-refractivity contribution is -0.119. The van der Waals surface area contributed by atoms with Gasteiger partial charge in [-0.15, -0.1) is 22.7 Å². The number of hydrogen-bond acceptors (Lipinski definition) is 6. The van der Waals surface area contributed by atoms with Gasteiger partial charge in [0.1, 0.15) is 15.3 Å². The summed E-state index contributed by atoms with van der Waals surface area (Å²) in [6.07, 6.45) is 1.05.